The number of anilines is 6. The lowest BCUT2D eigenvalue weighted by atomic mass is 10.3. The van der Waals surface area contributed by atoms with Crippen LogP contribution in [0.4, 0.5) is 34.1 Å². The van der Waals surface area contributed by atoms with Crippen LogP contribution in [0.5, 0.6) is 0 Å². The summed E-state index contributed by atoms with van der Waals surface area (Å²) in [6.07, 6.45) is 13.2. The summed E-state index contributed by atoms with van der Waals surface area (Å²) in [5.41, 5.74) is 27.7. The van der Waals surface area contributed by atoms with Crippen LogP contribution in [0, 0.1) is 0 Å². The van der Waals surface area contributed by atoms with Gasteiger partial charge in [-0.05, 0) is 49.7 Å². The van der Waals surface area contributed by atoms with Crippen LogP contribution in [0.1, 0.15) is 33.5 Å². The Morgan fingerprint density at radius 3 is 1.54 bits per heavy atom. The molecule has 0 saturated heterocycles. The standard InChI is InChI=1S/C9H10ClN3.C7H9N3O.C7H11N3.C5H7N3.C4H4Cl2O3.C2H3ClO.2ClH/c1-2-13-8-6-11-4-3-7(8)12-9(13)5-10;1-5(11)10-7-4-9-3-2-6(7)8;1-2-10-7-5-9-4-3-6(7)8;6-4-1-2-8-3-5(4)7;5-1-3(7)9-4(8)2-6;1-2(3)4;;/h3-4,6H,2,5H2,1H3;2-4H,1H3,(H2,8,9)(H,10,11);3-5,10H,2H2,1H3,(H2,8,9);1-3H,7H2,(H2,6,8);1-2H2;1H3;2*1H. The molecule has 0 aromatic carbocycles. The molecule has 5 rings (SSSR count). The molecule has 0 fully saturated rings. The van der Waals surface area contributed by atoms with Crippen LogP contribution in [-0.4, -0.2) is 70.9 Å². The summed E-state index contributed by atoms with van der Waals surface area (Å²) < 4.78 is 6.09. The van der Waals surface area contributed by atoms with E-state index < -0.39 is 11.9 Å². The van der Waals surface area contributed by atoms with E-state index in [-0.39, 0.29) is 47.7 Å². The Morgan fingerprint density at radius 2 is 1.16 bits per heavy atom. The highest BCUT2D eigenvalue weighted by Crippen LogP contribution is 2.16. The number of pyridine rings is 4. The van der Waals surface area contributed by atoms with Crippen molar-refractivity contribution < 1.29 is 23.9 Å². The van der Waals surface area contributed by atoms with Gasteiger partial charge in [-0.1, -0.05) is 0 Å². The lowest BCUT2D eigenvalue weighted by molar-refractivity contribution is -0.155. The fraction of sp³-hybridized carbons (Fsp3) is 0.265. The van der Waals surface area contributed by atoms with Crippen molar-refractivity contribution in [2.45, 2.75) is 40.1 Å². The van der Waals surface area contributed by atoms with Crippen molar-refractivity contribution in [1.29, 1.82) is 0 Å². The molecule has 17 nitrogen and oxygen atoms in total. The van der Waals surface area contributed by atoms with Crippen molar-refractivity contribution in [3.05, 3.63) is 79.7 Å². The fourth-order valence-electron chi connectivity index (χ4n) is 3.52. The van der Waals surface area contributed by atoms with E-state index in [1.807, 2.05) is 19.2 Å². The van der Waals surface area contributed by atoms with Crippen LogP contribution in [0.2, 0.25) is 0 Å². The highest BCUT2D eigenvalue weighted by atomic mass is 35.5. The van der Waals surface area contributed by atoms with Crippen molar-refractivity contribution in [3.8, 4) is 0 Å². The van der Waals surface area contributed by atoms with Crippen LogP contribution in [0.15, 0.2) is 73.8 Å². The molecular weight excluding hydrogens is 869 g/mol. The van der Waals surface area contributed by atoms with Gasteiger partial charge in [0.2, 0.25) is 11.1 Å². The number of hydrogen-bond donors (Lipinski definition) is 6. The van der Waals surface area contributed by atoms with E-state index in [1.165, 1.54) is 26.2 Å². The number of fused-ring (bicyclic) bond motifs is 1. The largest absolute Gasteiger partial charge is 0.397 e. The smallest absolute Gasteiger partial charge is 0.328 e. The number of imidazole rings is 1. The normalized spacial score (nSPS) is 8.98. The minimum atomic E-state index is -0.776. The van der Waals surface area contributed by atoms with Gasteiger partial charge < -0.3 is 42.9 Å². The molecule has 1 amide bonds. The average Bonchev–Trinajstić information content (AvgIpc) is 3.53. The van der Waals surface area contributed by atoms with Gasteiger partial charge >= 0.3 is 11.9 Å². The van der Waals surface area contributed by atoms with E-state index in [0.29, 0.717) is 28.6 Å². The van der Waals surface area contributed by atoms with Crippen molar-refractivity contribution in [1.82, 2.24) is 29.5 Å². The Bertz CT molecular complexity index is 1890. The summed E-state index contributed by atoms with van der Waals surface area (Å²) in [7, 11) is 0. The Hall–Kier alpha value is -4.91. The summed E-state index contributed by atoms with van der Waals surface area (Å²) >= 11 is 20.4. The van der Waals surface area contributed by atoms with Gasteiger partial charge in [0.15, 0.2) is 0 Å². The molecule has 57 heavy (non-hydrogen) atoms. The molecule has 5 aromatic heterocycles. The molecule has 0 saturated carbocycles. The second-order valence-electron chi connectivity index (χ2n) is 10.00. The molecule has 0 aliphatic carbocycles. The minimum absolute atomic E-state index is 0. The second kappa shape index (κ2) is 33.3. The van der Waals surface area contributed by atoms with E-state index in [0.717, 1.165) is 41.3 Å². The van der Waals surface area contributed by atoms with E-state index in [4.69, 9.17) is 57.7 Å². The van der Waals surface area contributed by atoms with Crippen molar-refractivity contribution in [2.75, 3.05) is 51.9 Å². The first-order chi connectivity index (χ1) is 26.1. The number of nitrogen functional groups attached to an aromatic ring is 4. The Labute approximate surface area is 362 Å². The number of hydrogen-bond acceptors (Lipinski definition) is 15. The predicted octanol–water partition coefficient (Wildman–Crippen LogP) is 6.30. The predicted molar refractivity (Wildman–Crippen MR) is 235 cm³/mol. The third-order valence-corrected chi connectivity index (χ3v) is 6.46. The first-order valence-electron chi connectivity index (χ1n) is 15.9. The fourth-order valence-corrected chi connectivity index (χ4v) is 3.83. The van der Waals surface area contributed by atoms with Gasteiger partial charge in [-0.2, -0.15) is 0 Å². The molecule has 0 radical (unpaired) electrons. The minimum Gasteiger partial charge on any atom is -0.397 e. The molecule has 0 bridgehead atoms. The number of esters is 2. The van der Waals surface area contributed by atoms with Crippen molar-refractivity contribution in [2.24, 2.45) is 0 Å². The Morgan fingerprint density at radius 1 is 0.702 bits per heavy atom. The molecule has 23 heteroatoms. The third-order valence-electron chi connectivity index (χ3n) is 5.79. The molecule has 0 atom stereocenters. The van der Waals surface area contributed by atoms with E-state index >= 15 is 0 Å². The van der Waals surface area contributed by atoms with Gasteiger partial charge in [0.1, 0.15) is 17.6 Å². The molecule has 5 aromatic rings. The van der Waals surface area contributed by atoms with Gasteiger partial charge in [-0.3, -0.25) is 39.1 Å². The topological polar surface area (TPSA) is 275 Å². The quantitative estimate of drug-likeness (QED) is 0.0452. The van der Waals surface area contributed by atoms with Gasteiger partial charge in [0, 0.05) is 51.7 Å². The number of alkyl halides is 3. The zero-order chi connectivity index (χ0) is 41.8. The number of rotatable bonds is 7. The van der Waals surface area contributed by atoms with Gasteiger partial charge in [-0.15, -0.1) is 59.6 Å². The van der Waals surface area contributed by atoms with Crippen LogP contribution in [0.3, 0.4) is 0 Å². The number of nitrogens with two attached hydrogens (primary N) is 4. The number of aryl methyl sites for hydroxylation is 1. The second-order valence-corrected chi connectivity index (χ2v) is 11.3. The SMILES string of the molecule is CC(=O)Cl.CC(=O)Nc1cnccc1N.CCNc1cnccc1N.CCn1c(CCl)nc2ccncc21.Cl.Cl.Nc1ccncc1N.O=C(CCl)OC(=O)CCl. The zero-order valence-electron chi connectivity index (χ0n) is 31.3. The summed E-state index contributed by atoms with van der Waals surface area (Å²) in [4.78, 5) is 60.0. The zero-order valence-corrected chi connectivity index (χ0v) is 36.0. The number of aromatic nitrogens is 6. The molecule has 0 unspecified atom stereocenters. The van der Waals surface area contributed by atoms with Crippen LogP contribution in [0.25, 0.3) is 11.0 Å². The van der Waals surface area contributed by atoms with Gasteiger partial charge in [-0.25, -0.2) is 4.98 Å². The number of halogens is 6. The first-order valence-corrected chi connectivity index (χ1v) is 17.8. The van der Waals surface area contributed by atoms with Gasteiger partial charge in [0.05, 0.1) is 75.8 Å². The number of amides is 1. The molecule has 0 aliphatic rings. The number of carbonyl (C=O) groups is 4. The monoisotopic (exact) mass is 912 g/mol. The molecule has 5 heterocycles. The maximum atomic E-state index is 10.6. The van der Waals surface area contributed by atoms with Crippen LogP contribution < -0.4 is 33.6 Å². The number of nitrogens with one attached hydrogen (secondary N) is 2. The van der Waals surface area contributed by atoms with Crippen LogP contribution in [-0.2, 0) is 36.3 Å². The third kappa shape index (κ3) is 25.1. The molecular formula is C34H46Cl6N12O5. The lowest BCUT2D eigenvalue weighted by Gasteiger charge is -2.03. The lowest BCUT2D eigenvalue weighted by Crippen LogP contribution is -2.13. The van der Waals surface area contributed by atoms with E-state index in [2.05, 4.69) is 63.4 Å². The van der Waals surface area contributed by atoms with E-state index in [1.54, 1.807) is 49.2 Å². The number of nitrogens with zero attached hydrogens (tertiary/aromatic N) is 6. The van der Waals surface area contributed by atoms with E-state index in [9.17, 15) is 19.2 Å². The molecule has 314 valence electrons. The maximum absolute atomic E-state index is 10.6. The maximum Gasteiger partial charge on any atom is 0.328 e. The van der Waals surface area contributed by atoms with Crippen molar-refractivity contribution in [3.63, 3.8) is 0 Å². The molecule has 0 spiro atoms. The number of carbonyl (C=O) groups excluding carboxylic acids is 4. The summed E-state index contributed by atoms with van der Waals surface area (Å²) in [6, 6.07) is 6.97. The Balaban J connectivity index is -0.000000625. The summed E-state index contributed by atoms with van der Waals surface area (Å²) in [5, 5.41) is 5.27. The van der Waals surface area contributed by atoms with Crippen LogP contribution >= 0.6 is 71.2 Å². The number of ether oxygens (including phenoxy) is 1. The van der Waals surface area contributed by atoms with Gasteiger partial charge in [0.25, 0.3) is 0 Å². The summed E-state index contributed by atoms with van der Waals surface area (Å²) in [5.74, 6) is -1.00. The Kier molecular flexibility index (Phi) is 32.9. The van der Waals surface area contributed by atoms with Crippen molar-refractivity contribution >= 4 is 139 Å². The summed E-state index contributed by atoms with van der Waals surface area (Å²) in [6.45, 7) is 8.56. The molecule has 0 aliphatic heterocycles. The average molecular weight is 916 g/mol. The first kappa shape index (κ1) is 56.4. The molecule has 10 N–H and O–H groups in total. The highest BCUT2D eigenvalue weighted by molar-refractivity contribution is 6.62. The highest BCUT2D eigenvalue weighted by Gasteiger charge is 2.07.